The van der Waals surface area contributed by atoms with Crippen LogP contribution >= 0.6 is 0 Å². The second-order valence-corrected chi connectivity index (χ2v) is 4.68. The molecule has 2 heteroatoms. The number of ketones is 2. The van der Waals surface area contributed by atoms with Crippen LogP contribution in [0, 0.1) is 5.41 Å². The van der Waals surface area contributed by atoms with Gasteiger partial charge in [0.2, 0.25) is 0 Å². The van der Waals surface area contributed by atoms with E-state index in [2.05, 4.69) is 0 Å². The number of rotatable bonds is 1. The second-order valence-electron chi connectivity index (χ2n) is 4.68. The van der Waals surface area contributed by atoms with Gasteiger partial charge < -0.3 is 0 Å². The van der Waals surface area contributed by atoms with Gasteiger partial charge >= 0.3 is 0 Å². The first-order valence-corrected chi connectivity index (χ1v) is 5.92. The molecule has 0 unspecified atom stereocenters. The zero-order chi connectivity index (χ0) is 12.6. The second kappa shape index (κ2) is 3.91. The van der Waals surface area contributed by atoms with Crippen LogP contribution in [-0.4, -0.2) is 11.6 Å². The maximum Gasteiger partial charge on any atom is 0.178 e. The van der Waals surface area contributed by atoms with Gasteiger partial charge in [0.05, 0.1) is 0 Å². The number of carbonyl (C=O) groups excluding carboxylic acids is 2. The summed E-state index contributed by atoms with van der Waals surface area (Å²) in [6, 6.07) is 9.83. The average Bonchev–Trinajstić information content (AvgIpc) is 2.71. The molecule has 0 bridgehead atoms. The monoisotopic (exact) mass is 236 g/mol. The summed E-state index contributed by atoms with van der Waals surface area (Å²) in [6.07, 6.45) is 8.90. The molecule has 18 heavy (non-hydrogen) atoms. The molecule has 0 aromatic heterocycles. The van der Waals surface area contributed by atoms with Gasteiger partial charge in [0.25, 0.3) is 0 Å². The minimum Gasteiger partial charge on any atom is -0.295 e. The van der Waals surface area contributed by atoms with Gasteiger partial charge in [0, 0.05) is 11.8 Å². The van der Waals surface area contributed by atoms with Crippen molar-refractivity contribution >= 4 is 17.1 Å². The largest absolute Gasteiger partial charge is 0.295 e. The first kappa shape index (κ1) is 10.9. The molecule has 0 N–H and O–H groups in total. The van der Waals surface area contributed by atoms with E-state index in [-0.39, 0.29) is 11.6 Å². The average molecular weight is 236 g/mol. The Morgan fingerprint density at radius 3 is 2.28 bits per heavy atom. The summed E-state index contributed by atoms with van der Waals surface area (Å²) >= 11 is 0. The zero-order valence-electron chi connectivity index (χ0n) is 9.80. The third kappa shape index (κ3) is 1.66. The van der Waals surface area contributed by atoms with E-state index in [1.165, 1.54) is 0 Å². The van der Waals surface area contributed by atoms with E-state index >= 15 is 0 Å². The summed E-state index contributed by atoms with van der Waals surface area (Å²) in [7, 11) is 0. The summed E-state index contributed by atoms with van der Waals surface area (Å²) in [6.45, 7) is 0. The van der Waals surface area contributed by atoms with Crippen molar-refractivity contribution in [3.05, 3.63) is 66.3 Å². The van der Waals surface area contributed by atoms with Crippen molar-refractivity contribution in [3.63, 3.8) is 0 Å². The number of hydrogen-bond acceptors (Lipinski definition) is 2. The molecule has 88 valence electrons. The SMILES string of the molecule is O=C1C=CC2(C=C1)CC(=O)C=C2c1ccccc1. The van der Waals surface area contributed by atoms with Gasteiger partial charge in [-0.25, -0.2) is 0 Å². The van der Waals surface area contributed by atoms with Gasteiger partial charge in [-0.05, 0) is 29.4 Å². The van der Waals surface area contributed by atoms with E-state index in [9.17, 15) is 9.59 Å². The van der Waals surface area contributed by atoms with Gasteiger partial charge in [-0.15, -0.1) is 0 Å². The van der Waals surface area contributed by atoms with Crippen LogP contribution in [0.15, 0.2) is 60.7 Å². The highest BCUT2D eigenvalue weighted by molar-refractivity contribution is 6.08. The fourth-order valence-electron chi connectivity index (χ4n) is 2.57. The Kier molecular flexibility index (Phi) is 2.37. The smallest absolute Gasteiger partial charge is 0.178 e. The maximum atomic E-state index is 11.8. The highest BCUT2D eigenvalue weighted by atomic mass is 16.1. The third-order valence-corrected chi connectivity index (χ3v) is 3.45. The van der Waals surface area contributed by atoms with Crippen LogP contribution in [-0.2, 0) is 9.59 Å². The molecule has 3 rings (SSSR count). The highest BCUT2D eigenvalue weighted by Crippen LogP contribution is 2.46. The van der Waals surface area contributed by atoms with E-state index in [4.69, 9.17) is 0 Å². The van der Waals surface area contributed by atoms with Crippen LogP contribution in [0.5, 0.6) is 0 Å². The van der Waals surface area contributed by atoms with Gasteiger partial charge in [-0.2, -0.15) is 0 Å². The molecule has 0 heterocycles. The Hall–Kier alpha value is -2.22. The number of allylic oxidation sites excluding steroid dienone is 6. The molecule has 0 fully saturated rings. The fraction of sp³-hybridized carbons (Fsp3) is 0.125. The van der Waals surface area contributed by atoms with E-state index in [1.54, 1.807) is 18.2 Å². The molecule has 2 aliphatic rings. The summed E-state index contributed by atoms with van der Waals surface area (Å²) in [5.41, 5.74) is 1.59. The Balaban J connectivity index is 2.10. The van der Waals surface area contributed by atoms with Crippen molar-refractivity contribution in [2.24, 2.45) is 5.41 Å². The molecule has 0 atom stereocenters. The van der Waals surface area contributed by atoms with E-state index in [1.807, 2.05) is 42.5 Å². The summed E-state index contributed by atoms with van der Waals surface area (Å²) in [4.78, 5) is 23.0. The minimum absolute atomic E-state index is 0.0209. The van der Waals surface area contributed by atoms with Gasteiger partial charge in [0.15, 0.2) is 11.6 Å². The summed E-state index contributed by atoms with van der Waals surface area (Å²) < 4.78 is 0. The molecule has 0 radical (unpaired) electrons. The first-order chi connectivity index (χ1) is 8.70. The van der Waals surface area contributed by atoms with Gasteiger partial charge in [-0.1, -0.05) is 42.5 Å². The number of hydrogen-bond donors (Lipinski definition) is 0. The lowest BCUT2D eigenvalue weighted by atomic mass is 9.75. The van der Waals surface area contributed by atoms with Gasteiger partial charge in [0.1, 0.15) is 0 Å². The summed E-state index contributed by atoms with van der Waals surface area (Å²) in [5.74, 6) is 0.0879. The molecule has 1 aromatic rings. The first-order valence-electron chi connectivity index (χ1n) is 5.92. The lowest BCUT2D eigenvalue weighted by molar-refractivity contribution is -0.115. The number of carbonyl (C=O) groups is 2. The predicted molar refractivity (Wildman–Crippen MR) is 69.8 cm³/mol. The topological polar surface area (TPSA) is 34.1 Å². The van der Waals surface area contributed by atoms with Crippen LogP contribution in [0.25, 0.3) is 5.57 Å². The normalized spacial score (nSPS) is 20.6. The summed E-state index contributed by atoms with van der Waals surface area (Å²) in [5, 5.41) is 0. The lowest BCUT2D eigenvalue weighted by Gasteiger charge is -2.26. The molecular formula is C16H12O2. The predicted octanol–water partition coefficient (Wildman–Crippen LogP) is 2.72. The van der Waals surface area contributed by atoms with Crippen molar-refractivity contribution in [1.82, 2.24) is 0 Å². The van der Waals surface area contributed by atoms with Crippen molar-refractivity contribution in [2.75, 3.05) is 0 Å². The van der Waals surface area contributed by atoms with E-state index in [0.717, 1.165) is 11.1 Å². The van der Waals surface area contributed by atoms with Gasteiger partial charge in [-0.3, -0.25) is 9.59 Å². The molecule has 2 nitrogen and oxygen atoms in total. The van der Waals surface area contributed by atoms with Crippen molar-refractivity contribution in [2.45, 2.75) is 6.42 Å². The Labute approximate surface area is 105 Å². The minimum atomic E-state index is -0.424. The van der Waals surface area contributed by atoms with Crippen molar-refractivity contribution < 1.29 is 9.59 Å². The van der Waals surface area contributed by atoms with Crippen LogP contribution in [0.4, 0.5) is 0 Å². The molecule has 0 amide bonds. The number of benzene rings is 1. The van der Waals surface area contributed by atoms with E-state index in [0.29, 0.717) is 6.42 Å². The molecule has 0 aliphatic heterocycles. The standard InChI is InChI=1S/C16H12O2/c17-13-6-8-16(9-7-13)11-14(18)10-15(16)12-4-2-1-3-5-12/h1-10H,11H2. The quantitative estimate of drug-likeness (QED) is 0.751. The van der Waals surface area contributed by atoms with Crippen molar-refractivity contribution in [3.8, 4) is 0 Å². The molecule has 2 aliphatic carbocycles. The van der Waals surface area contributed by atoms with Crippen molar-refractivity contribution in [1.29, 1.82) is 0 Å². The van der Waals surface area contributed by atoms with Crippen LogP contribution in [0.3, 0.4) is 0 Å². The third-order valence-electron chi connectivity index (χ3n) is 3.45. The van der Waals surface area contributed by atoms with Crippen LogP contribution < -0.4 is 0 Å². The molecule has 1 spiro atoms. The van der Waals surface area contributed by atoms with Crippen LogP contribution in [0.2, 0.25) is 0 Å². The molecular weight excluding hydrogens is 224 g/mol. The Morgan fingerprint density at radius 1 is 0.944 bits per heavy atom. The highest BCUT2D eigenvalue weighted by Gasteiger charge is 2.38. The molecule has 0 saturated carbocycles. The van der Waals surface area contributed by atoms with E-state index < -0.39 is 5.41 Å². The Morgan fingerprint density at radius 2 is 1.61 bits per heavy atom. The molecule has 1 aromatic carbocycles. The maximum absolute atomic E-state index is 11.8. The lowest BCUT2D eigenvalue weighted by Crippen LogP contribution is -2.18. The van der Waals surface area contributed by atoms with Crippen LogP contribution in [0.1, 0.15) is 12.0 Å². The zero-order valence-corrected chi connectivity index (χ0v) is 9.80. The fourth-order valence-corrected chi connectivity index (χ4v) is 2.57. The Bertz CT molecular complexity index is 587. The molecule has 0 saturated heterocycles.